The number of alkyl halides is 6. The highest BCUT2D eigenvalue weighted by atomic mass is 35.5. The van der Waals surface area contributed by atoms with E-state index in [2.05, 4.69) is 0 Å². The van der Waals surface area contributed by atoms with Crippen LogP contribution < -0.4 is 0 Å². The Kier molecular flexibility index (Phi) is 3.62. The van der Waals surface area contributed by atoms with Crippen molar-refractivity contribution >= 4 is 11.6 Å². The summed E-state index contributed by atoms with van der Waals surface area (Å²) < 4.78 is 75.4. The van der Waals surface area contributed by atoms with Gasteiger partial charge in [0.1, 0.15) is 0 Å². The lowest BCUT2D eigenvalue weighted by atomic mass is 9.91. The van der Waals surface area contributed by atoms with Crippen molar-refractivity contribution in [1.29, 1.82) is 0 Å². The maximum Gasteiger partial charge on any atom is 0.430 e. The zero-order valence-electron chi connectivity index (χ0n) is 8.83. The minimum absolute atomic E-state index is 0.112. The molecule has 18 heavy (non-hydrogen) atoms. The SMILES string of the molecule is Cc1ccc(Cl)c(C(O)(C(F)(F)F)C(F)(F)F)c1. The highest BCUT2D eigenvalue weighted by Crippen LogP contribution is 2.51. The Labute approximate surface area is 103 Å². The lowest BCUT2D eigenvalue weighted by molar-refractivity contribution is -0.376. The van der Waals surface area contributed by atoms with Crippen molar-refractivity contribution in [1.82, 2.24) is 0 Å². The molecule has 0 amide bonds. The van der Waals surface area contributed by atoms with E-state index in [-0.39, 0.29) is 5.56 Å². The summed E-state index contributed by atoms with van der Waals surface area (Å²) in [4.78, 5) is 0. The van der Waals surface area contributed by atoms with Crippen LogP contribution in [0, 0.1) is 6.92 Å². The standard InChI is InChI=1S/C10H7ClF6O/c1-5-2-3-7(11)6(4-5)8(18,9(12,13)14)10(15,16)17/h2-4,18H,1H3. The maximum atomic E-state index is 12.6. The topological polar surface area (TPSA) is 20.2 Å². The van der Waals surface area contributed by atoms with E-state index in [0.717, 1.165) is 6.07 Å². The predicted molar refractivity (Wildman–Crippen MR) is 52.2 cm³/mol. The first-order valence-corrected chi connectivity index (χ1v) is 4.91. The van der Waals surface area contributed by atoms with E-state index >= 15 is 0 Å². The highest BCUT2D eigenvalue weighted by molar-refractivity contribution is 6.31. The van der Waals surface area contributed by atoms with Crippen molar-refractivity contribution in [3.05, 3.63) is 34.3 Å². The molecule has 0 aliphatic rings. The van der Waals surface area contributed by atoms with Crippen LogP contribution in [0.2, 0.25) is 5.02 Å². The fourth-order valence-electron chi connectivity index (χ4n) is 1.38. The van der Waals surface area contributed by atoms with Gasteiger partial charge >= 0.3 is 12.4 Å². The van der Waals surface area contributed by atoms with Crippen LogP contribution in [-0.2, 0) is 5.60 Å². The van der Waals surface area contributed by atoms with Gasteiger partial charge in [0.05, 0.1) is 0 Å². The Balaban J connectivity index is 3.61. The summed E-state index contributed by atoms with van der Waals surface area (Å²) >= 11 is 5.33. The summed E-state index contributed by atoms with van der Waals surface area (Å²) in [5.41, 5.74) is -6.30. The average Bonchev–Trinajstić information content (AvgIpc) is 2.17. The van der Waals surface area contributed by atoms with E-state index in [1.165, 1.54) is 13.0 Å². The third-order valence-corrected chi connectivity index (χ3v) is 2.66. The van der Waals surface area contributed by atoms with Gasteiger partial charge in [0.25, 0.3) is 5.60 Å². The van der Waals surface area contributed by atoms with Gasteiger partial charge in [0.15, 0.2) is 0 Å². The molecule has 0 aliphatic carbocycles. The number of aryl methyl sites for hydroxylation is 1. The van der Waals surface area contributed by atoms with E-state index < -0.39 is 28.5 Å². The molecule has 0 aliphatic heterocycles. The molecule has 0 unspecified atom stereocenters. The first-order chi connectivity index (χ1) is 7.91. The van der Waals surface area contributed by atoms with E-state index in [4.69, 9.17) is 16.7 Å². The molecule has 0 spiro atoms. The zero-order chi connectivity index (χ0) is 14.4. The van der Waals surface area contributed by atoms with Crippen LogP contribution in [-0.4, -0.2) is 17.5 Å². The lowest BCUT2D eigenvalue weighted by Gasteiger charge is -2.33. The Morgan fingerprint density at radius 1 is 1.00 bits per heavy atom. The molecule has 0 fully saturated rings. The summed E-state index contributed by atoms with van der Waals surface area (Å²) in [5, 5.41) is 8.32. The molecule has 102 valence electrons. The number of halogens is 7. The summed E-state index contributed by atoms with van der Waals surface area (Å²) in [6.45, 7) is 1.28. The van der Waals surface area contributed by atoms with Crippen LogP contribution in [0.4, 0.5) is 26.3 Å². The summed E-state index contributed by atoms with van der Waals surface area (Å²) in [6.07, 6.45) is -11.9. The number of hydrogen-bond donors (Lipinski definition) is 1. The predicted octanol–water partition coefficient (Wildman–Crippen LogP) is 3.96. The molecule has 1 rings (SSSR count). The highest BCUT2D eigenvalue weighted by Gasteiger charge is 2.72. The van der Waals surface area contributed by atoms with Crippen molar-refractivity contribution < 1.29 is 31.4 Å². The Hall–Kier alpha value is -0.950. The van der Waals surface area contributed by atoms with Crippen LogP contribution in [0.3, 0.4) is 0 Å². The molecule has 1 nitrogen and oxygen atoms in total. The summed E-state index contributed by atoms with van der Waals surface area (Å²) in [5.74, 6) is 0. The minimum atomic E-state index is -5.93. The van der Waals surface area contributed by atoms with E-state index in [9.17, 15) is 26.3 Å². The first kappa shape index (κ1) is 15.1. The smallest absolute Gasteiger partial charge is 0.369 e. The second kappa shape index (κ2) is 4.31. The van der Waals surface area contributed by atoms with Gasteiger partial charge in [-0.25, -0.2) is 0 Å². The minimum Gasteiger partial charge on any atom is -0.369 e. The molecule has 8 heteroatoms. The van der Waals surface area contributed by atoms with Crippen molar-refractivity contribution in [3.8, 4) is 0 Å². The molecule has 0 saturated carbocycles. The Morgan fingerprint density at radius 3 is 1.83 bits per heavy atom. The van der Waals surface area contributed by atoms with Crippen LogP contribution in [0.25, 0.3) is 0 Å². The largest absolute Gasteiger partial charge is 0.430 e. The van der Waals surface area contributed by atoms with Crippen molar-refractivity contribution in [2.24, 2.45) is 0 Å². The maximum absolute atomic E-state index is 12.6. The van der Waals surface area contributed by atoms with Crippen LogP contribution in [0.5, 0.6) is 0 Å². The van der Waals surface area contributed by atoms with Gasteiger partial charge in [-0.1, -0.05) is 29.3 Å². The normalized spacial score (nSPS) is 13.8. The second-order valence-electron chi connectivity index (χ2n) is 3.69. The first-order valence-electron chi connectivity index (χ1n) is 4.53. The van der Waals surface area contributed by atoms with Gasteiger partial charge < -0.3 is 5.11 Å². The molecule has 0 radical (unpaired) electrons. The van der Waals surface area contributed by atoms with Gasteiger partial charge in [0.2, 0.25) is 0 Å². The number of benzene rings is 1. The third-order valence-electron chi connectivity index (χ3n) is 2.33. The Bertz CT molecular complexity index is 437. The van der Waals surface area contributed by atoms with E-state index in [0.29, 0.717) is 6.07 Å². The molecule has 0 aromatic heterocycles. The molecule has 0 bridgehead atoms. The molecular formula is C10H7ClF6O. The lowest BCUT2D eigenvalue weighted by Crippen LogP contribution is -2.54. The van der Waals surface area contributed by atoms with Crippen molar-refractivity contribution in [3.63, 3.8) is 0 Å². The summed E-state index contributed by atoms with van der Waals surface area (Å²) in [6, 6.07) is 2.66. The van der Waals surface area contributed by atoms with Crippen molar-refractivity contribution in [2.45, 2.75) is 24.9 Å². The molecule has 1 aromatic rings. The summed E-state index contributed by atoms with van der Waals surface area (Å²) in [7, 11) is 0. The molecular weight excluding hydrogens is 286 g/mol. The van der Waals surface area contributed by atoms with E-state index in [1.54, 1.807) is 0 Å². The quantitative estimate of drug-likeness (QED) is 0.777. The molecule has 0 atom stereocenters. The average molecular weight is 293 g/mol. The van der Waals surface area contributed by atoms with Crippen LogP contribution in [0.1, 0.15) is 11.1 Å². The monoisotopic (exact) mass is 292 g/mol. The Morgan fingerprint density at radius 2 is 1.44 bits per heavy atom. The number of aliphatic hydroxyl groups is 1. The van der Waals surface area contributed by atoms with Crippen LogP contribution in [0.15, 0.2) is 18.2 Å². The van der Waals surface area contributed by atoms with Crippen LogP contribution >= 0.6 is 11.6 Å². The molecule has 0 saturated heterocycles. The van der Waals surface area contributed by atoms with Gasteiger partial charge in [-0.15, -0.1) is 0 Å². The number of hydrogen-bond acceptors (Lipinski definition) is 1. The van der Waals surface area contributed by atoms with Gasteiger partial charge in [-0.05, 0) is 13.0 Å². The fourth-order valence-corrected chi connectivity index (χ4v) is 1.64. The van der Waals surface area contributed by atoms with Gasteiger partial charge in [-0.3, -0.25) is 0 Å². The third kappa shape index (κ3) is 2.29. The van der Waals surface area contributed by atoms with Gasteiger partial charge in [-0.2, -0.15) is 26.3 Å². The molecule has 0 heterocycles. The number of rotatable bonds is 1. The van der Waals surface area contributed by atoms with Crippen molar-refractivity contribution in [2.75, 3.05) is 0 Å². The van der Waals surface area contributed by atoms with E-state index in [1.807, 2.05) is 0 Å². The second-order valence-corrected chi connectivity index (χ2v) is 4.10. The zero-order valence-corrected chi connectivity index (χ0v) is 9.58. The van der Waals surface area contributed by atoms with Gasteiger partial charge in [0, 0.05) is 10.6 Å². The molecule has 1 aromatic carbocycles. The fraction of sp³-hybridized carbons (Fsp3) is 0.400. The molecule has 1 N–H and O–H groups in total.